The number of hydrogen-bond donors (Lipinski definition) is 2. The van der Waals surface area contributed by atoms with Gasteiger partial charge in [0.2, 0.25) is 0 Å². The van der Waals surface area contributed by atoms with Crippen LogP contribution in [-0.2, 0) is 4.74 Å². The van der Waals surface area contributed by atoms with E-state index in [2.05, 4.69) is 21.2 Å². The van der Waals surface area contributed by atoms with E-state index in [1.54, 1.807) is 7.11 Å². The molecular formula is C13H17BrN2OS. The third-order valence-corrected chi connectivity index (χ3v) is 4.04. The molecular weight excluding hydrogens is 312 g/mol. The second kappa shape index (κ2) is 5.99. The number of methoxy groups -OCH3 is 1. The van der Waals surface area contributed by atoms with Crippen molar-refractivity contribution in [1.82, 2.24) is 0 Å². The fourth-order valence-corrected chi connectivity index (χ4v) is 2.88. The summed E-state index contributed by atoms with van der Waals surface area (Å²) in [6.45, 7) is 0. The van der Waals surface area contributed by atoms with Crippen molar-refractivity contribution in [3.63, 3.8) is 0 Å². The molecule has 1 aromatic rings. The van der Waals surface area contributed by atoms with Gasteiger partial charge >= 0.3 is 0 Å². The Hall–Kier alpha value is -0.650. The van der Waals surface area contributed by atoms with Crippen LogP contribution in [0.2, 0.25) is 0 Å². The molecule has 18 heavy (non-hydrogen) atoms. The Morgan fingerprint density at radius 1 is 1.50 bits per heavy atom. The van der Waals surface area contributed by atoms with Gasteiger partial charge in [-0.2, -0.15) is 0 Å². The first kappa shape index (κ1) is 13.8. The van der Waals surface area contributed by atoms with Crippen molar-refractivity contribution in [3.05, 3.63) is 28.2 Å². The number of nitrogens with one attached hydrogen (secondary N) is 1. The van der Waals surface area contributed by atoms with E-state index in [9.17, 15) is 0 Å². The van der Waals surface area contributed by atoms with Crippen molar-refractivity contribution in [2.45, 2.75) is 31.4 Å². The maximum atomic E-state index is 5.76. The number of ether oxygens (including phenoxy) is 1. The number of halogens is 1. The van der Waals surface area contributed by atoms with Gasteiger partial charge in [-0.05, 0) is 37.5 Å². The van der Waals surface area contributed by atoms with Crippen molar-refractivity contribution in [2.24, 2.45) is 5.73 Å². The molecule has 0 saturated heterocycles. The molecule has 1 aliphatic carbocycles. The number of rotatable bonds is 4. The average molecular weight is 329 g/mol. The van der Waals surface area contributed by atoms with Crippen LogP contribution in [0, 0.1) is 0 Å². The predicted octanol–water partition coefficient (Wildman–Crippen LogP) is 3.06. The summed E-state index contributed by atoms with van der Waals surface area (Å²) >= 11 is 8.52. The van der Waals surface area contributed by atoms with Crippen LogP contribution < -0.4 is 11.1 Å². The number of anilines is 1. The van der Waals surface area contributed by atoms with Gasteiger partial charge in [0.1, 0.15) is 4.99 Å². The van der Waals surface area contributed by atoms with Crippen LogP contribution in [0.15, 0.2) is 22.7 Å². The van der Waals surface area contributed by atoms with E-state index >= 15 is 0 Å². The topological polar surface area (TPSA) is 47.3 Å². The van der Waals surface area contributed by atoms with Gasteiger partial charge in [-0.15, -0.1) is 0 Å². The highest BCUT2D eigenvalue weighted by Crippen LogP contribution is 2.27. The van der Waals surface area contributed by atoms with E-state index < -0.39 is 0 Å². The highest BCUT2D eigenvalue weighted by Gasteiger charge is 2.24. The summed E-state index contributed by atoms with van der Waals surface area (Å²) in [7, 11) is 1.77. The summed E-state index contributed by atoms with van der Waals surface area (Å²) in [5.74, 6) is 0. The molecule has 2 unspecified atom stereocenters. The van der Waals surface area contributed by atoms with Crippen molar-refractivity contribution < 1.29 is 4.74 Å². The van der Waals surface area contributed by atoms with Crippen molar-refractivity contribution >= 4 is 38.8 Å². The largest absolute Gasteiger partial charge is 0.389 e. The quantitative estimate of drug-likeness (QED) is 0.834. The van der Waals surface area contributed by atoms with Gasteiger partial charge in [0.25, 0.3) is 0 Å². The Morgan fingerprint density at radius 3 is 2.89 bits per heavy atom. The molecule has 1 aliphatic rings. The van der Waals surface area contributed by atoms with Gasteiger partial charge < -0.3 is 15.8 Å². The molecule has 1 aromatic carbocycles. The van der Waals surface area contributed by atoms with Crippen LogP contribution in [0.5, 0.6) is 0 Å². The van der Waals surface area contributed by atoms with Crippen LogP contribution in [0.1, 0.15) is 24.8 Å². The highest BCUT2D eigenvalue weighted by molar-refractivity contribution is 9.10. The fourth-order valence-electron chi connectivity index (χ4n) is 2.35. The molecule has 0 aromatic heterocycles. The average Bonchev–Trinajstić information content (AvgIpc) is 2.79. The van der Waals surface area contributed by atoms with Crippen molar-refractivity contribution in [2.75, 3.05) is 12.4 Å². The third kappa shape index (κ3) is 3.22. The molecule has 2 rings (SSSR count). The van der Waals surface area contributed by atoms with E-state index in [0.29, 0.717) is 17.1 Å². The van der Waals surface area contributed by atoms with Crippen LogP contribution in [0.4, 0.5) is 5.69 Å². The molecule has 1 fully saturated rings. The third-order valence-electron chi connectivity index (χ3n) is 3.32. The SMILES string of the molecule is COC1CCC(Nc2ccc(Br)cc2C(N)=S)C1. The minimum absolute atomic E-state index is 0.367. The van der Waals surface area contributed by atoms with Crippen LogP contribution in [0.3, 0.4) is 0 Å². The Balaban J connectivity index is 2.12. The molecule has 0 radical (unpaired) electrons. The first-order valence-electron chi connectivity index (χ1n) is 5.99. The van der Waals surface area contributed by atoms with Crippen molar-refractivity contribution in [3.8, 4) is 0 Å². The normalized spacial score (nSPS) is 23.0. The number of thiocarbonyl (C=S) groups is 1. The van der Waals surface area contributed by atoms with Crippen LogP contribution in [0.25, 0.3) is 0 Å². The van der Waals surface area contributed by atoms with Crippen molar-refractivity contribution in [1.29, 1.82) is 0 Å². The van der Waals surface area contributed by atoms with Gasteiger partial charge in [0, 0.05) is 28.9 Å². The summed E-state index contributed by atoms with van der Waals surface area (Å²) in [5, 5.41) is 3.51. The Kier molecular flexibility index (Phi) is 4.59. The monoisotopic (exact) mass is 328 g/mol. The maximum absolute atomic E-state index is 5.76. The second-order valence-corrected chi connectivity index (χ2v) is 5.92. The molecule has 5 heteroatoms. The molecule has 3 N–H and O–H groups in total. The molecule has 3 nitrogen and oxygen atoms in total. The molecule has 0 aliphatic heterocycles. The predicted molar refractivity (Wildman–Crippen MR) is 82.1 cm³/mol. The molecule has 2 atom stereocenters. The zero-order valence-electron chi connectivity index (χ0n) is 10.3. The maximum Gasteiger partial charge on any atom is 0.106 e. The molecule has 1 saturated carbocycles. The van der Waals surface area contributed by atoms with E-state index in [1.807, 2.05) is 18.2 Å². The number of benzene rings is 1. The first-order chi connectivity index (χ1) is 8.60. The summed E-state index contributed by atoms with van der Waals surface area (Å²) in [4.78, 5) is 0.417. The second-order valence-electron chi connectivity index (χ2n) is 4.57. The lowest BCUT2D eigenvalue weighted by Gasteiger charge is -2.17. The van der Waals surface area contributed by atoms with Gasteiger partial charge in [-0.3, -0.25) is 0 Å². The van der Waals surface area contributed by atoms with Gasteiger partial charge in [0.15, 0.2) is 0 Å². The minimum atomic E-state index is 0.367. The molecule has 98 valence electrons. The molecule has 0 spiro atoms. The first-order valence-corrected chi connectivity index (χ1v) is 7.19. The summed E-state index contributed by atoms with van der Waals surface area (Å²) < 4.78 is 6.36. The zero-order chi connectivity index (χ0) is 13.1. The van der Waals surface area contributed by atoms with E-state index in [1.165, 1.54) is 0 Å². The lowest BCUT2D eigenvalue weighted by atomic mass is 10.1. The number of nitrogens with two attached hydrogens (primary N) is 1. The Bertz CT molecular complexity index is 453. The van der Waals surface area contributed by atoms with E-state index in [4.69, 9.17) is 22.7 Å². The summed E-state index contributed by atoms with van der Waals surface area (Å²) in [6.07, 6.45) is 3.62. The Labute approximate surface area is 121 Å². The van der Waals surface area contributed by atoms with Crippen LogP contribution >= 0.6 is 28.1 Å². The summed E-state index contributed by atoms with van der Waals surface area (Å²) in [6, 6.07) is 6.39. The smallest absolute Gasteiger partial charge is 0.106 e. The molecule has 0 amide bonds. The van der Waals surface area contributed by atoms with Gasteiger partial charge in [-0.25, -0.2) is 0 Å². The lowest BCUT2D eigenvalue weighted by molar-refractivity contribution is 0.108. The fraction of sp³-hybridized carbons (Fsp3) is 0.462. The Morgan fingerprint density at radius 2 is 2.28 bits per heavy atom. The van der Waals surface area contributed by atoms with Gasteiger partial charge in [0.05, 0.1) is 6.10 Å². The minimum Gasteiger partial charge on any atom is -0.389 e. The highest BCUT2D eigenvalue weighted by atomic mass is 79.9. The van der Waals surface area contributed by atoms with E-state index in [-0.39, 0.29) is 0 Å². The molecule has 0 bridgehead atoms. The standard InChI is InChI=1S/C13H17BrN2OS/c1-17-10-4-3-9(7-10)16-12-5-2-8(14)6-11(12)13(15)18/h2,5-6,9-10,16H,3-4,7H2,1H3,(H2,15,18). The lowest BCUT2D eigenvalue weighted by Crippen LogP contribution is -2.20. The van der Waals surface area contributed by atoms with Crippen LogP contribution in [-0.4, -0.2) is 24.2 Å². The molecule has 0 heterocycles. The number of hydrogen-bond acceptors (Lipinski definition) is 3. The zero-order valence-corrected chi connectivity index (χ0v) is 12.7. The van der Waals surface area contributed by atoms with Gasteiger partial charge in [-0.1, -0.05) is 28.1 Å². The van der Waals surface area contributed by atoms with E-state index in [0.717, 1.165) is 35.0 Å². The summed E-state index contributed by atoms with van der Waals surface area (Å²) in [5.41, 5.74) is 7.65.